The first kappa shape index (κ1) is 22.5. The molecule has 7 heteroatoms. The number of halogens is 1. The lowest BCUT2D eigenvalue weighted by Gasteiger charge is -2.19. The number of nitrogens with one attached hydrogen (secondary N) is 3. The maximum absolute atomic E-state index is 12.3. The first-order valence-corrected chi connectivity index (χ1v) is 8.72. The number of benzene rings is 2. The summed E-state index contributed by atoms with van der Waals surface area (Å²) in [6.45, 7) is 4.59. The normalized spacial score (nSPS) is 11.3. The average Bonchev–Trinajstić information content (AvgIpc) is 2.62. The minimum absolute atomic E-state index is 0. The number of para-hydroxylation sites is 1. The number of rotatable bonds is 7. The van der Waals surface area contributed by atoms with Crippen LogP contribution >= 0.6 is 12.4 Å². The molecule has 0 heterocycles. The van der Waals surface area contributed by atoms with Crippen molar-refractivity contribution in [1.29, 1.82) is 0 Å². The molecule has 6 nitrogen and oxygen atoms in total. The second-order valence-corrected chi connectivity index (χ2v) is 6.56. The number of anilines is 2. The summed E-state index contributed by atoms with van der Waals surface area (Å²) < 4.78 is 0. The molecule has 2 aromatic carbocycles. The van der Waals surface area contributed by atoms with Crippen LogP contribution < -0.4 is 21.7 Å². The quantitative estimate of drug-likeness (QED) is 0.578. The standard InChI is InChI=1S/C20H26N4O2.ClH/c1-14(2)12-18(13-21)22-19(25)15-8-10-17(11-9-15)24-20(26)23-16-6-4-3-5-7-16;/h3-11,14,18H,12-13,21H2,1-2H3,(H,22,25)(H2,23,24,26);1H. The number of hydrogen-bond acceptors (Lipinski definition) is 3. The van der Waals surface area contributed by atoms with Crippen LogP contribution in [0.15, 0.2) is 54.6 Å². The van der Waals surface area contributed by atoms with E-state index >= 15 is 0 Å². The molecule has 0 saturated carbocycles. The average molecular weight is 391 g/mol. The van der Waals surface area contributed by atoms with E-state index in [4.69, 9.17) is 5.73 Å². The Bertz CT molecular complexity index is 721. The van der Waals surface area contributed by atoms with Crippen LogP contribution in [0.3, 0.4) is 0 Å². The predicted molar refractivity (Wildman–Crippen MR) is 113 cm³/mol. The fourth-order valence-electron chi connectivity index (χ4n) is 2.57. The Morgan fingerprint density at radius 1 is 0.926 bits per heavy atom. The van der Waals surface area contributed by atoms with Gasteiger partial charge in [-0.05, 0) is 48.7 Å². The van der Waals surface area contributed by atoms with Crippen molar-refractivity contribution in [2.24, 2.45) is 11.7 Å². The van der Waals surface area contributed by atoms with Crippen molar-refractivity contribution in [3.8, 4) is 0 Å². The predicted octanol–water partition coefficient (Wildman–Crippen LogP) is 3.86. The molecule has 3 amide bonds. The molecule has 27 heavy (non-hydrogen) atoms. The number of hydrogen-bond donors (Lipinski definition) is 4. The summed E-state index contributed by atoms with van der Waals surface area (Å²) in [7, 11) is 0. The monoisotopic (exact) mass is 390 g/mol. The van der Waals surface area contributed by atoms with Crippen molar-refractivity contribution in [3.63, 3.8) is 0 Å². The van der Waals surface area contributed by atoms with Crippen molar-refractivity contribution < 1.29 is 9.59 Å². The Balaban J connectivity index is 0.00000364. The number of carbonyl (C=O) groups is 2. The zero-order valence-corrected chi connectivity index (χ0v) is 16.4. The van der Waals surface area contributed by atoms with Crippen LogP contribution in [0.5, 0.6) is 0 Å². The van der Waals surface area contributed by atoms with Crippen molar-refractivity contribution in [2.45, 2.75) is 26.3 Å². The smallest absolute Gasteiger partial charge is 0.323 e. The summed E-state index contributed by atoms with van der Waals surface area (Å²) in [5.74, 6) is 0.292. The Hall–Kier alpha value is -2.57. The van der Waals surface area contributed by atoms with Gasteiger partial charge < -0.3 is 21.7 Å². The first-order chi connectivity index (χ1) is 12.5. The van der Waals surface area contributed by atoms with Crippen LogP contribution in [0.2, 0.25) is 0 Å². The van der Waals surface area contributed by atoms with Gasteiger partial charge in [0.15, 0.2) is 0 Å². The maximum Gasteiger partial charge on any atom is 0.323 e. The van der Waals surface area contributed by atoms with Crippen molar-refractivity contribution >= 4 is 35.7 Å². The van der Waals surface area contributed by atoms with Crippen LogP contribution in [-0.2, 0) is 0 Å². The van der Waals surface area contributed by atoms with E-state index < -0.39 is 0 Å². The second kappa shape index (κ2) is 11.2. The van der Waals surface area contributed by atoms with Crippen LogP contribution in [0.4, 0.5) is 16.2 Å². The minimum Gasteiger partial charge on any atom is -0.348 e. The van der Waals surface area contributed by atoms with Gasteiger partial charge in [-0.3, -0.25) is 4.79 Å². The fourth-order valence-corrected chi connectivity index (χ4v) is 2.57. The van der Waals surface area contributed by atoms with Crippen molar-refractivity contribution in [2.75, 3.05) is 17.2 Å². The van der Waals surface area contributed by atoms with Crippen molar-refractivity contribution in [3.05, 3.63) is 60.2 Å². The molecule has 0 spiro atoms. The SMILES string of the molecule is CC(C)CC(CN)NC(=O)c1ccc(NC(=O)Nc2ccccc2)cc1.Cl. The summed E-state index contributed by atoms with van der Waals surface area (Å²) in [4.78, 5) is 24.3. The van der Waals surface area contributed by atoms with E-state index in [0.717, 1.165) is 6.42 Å². The molecule has 0 aromatic heterocycles. The van der Waals surface area contributed by atoms with Crippen molar-refractivity contribution in [1.82, 2.24) is 5.32 Å². The Labute approximate surface area is 166 Å². The van der Waals surface area contributed by atoms with Crippen LogP contribution in [-0.4, -0.2) is 24.5 Å². The largest absolute Gasteiger partial charge is 0.348 e. The molecule has 2 rings (SSSR count). The molecular formula is C20H27ClN4O2. The molecule has 0 bridgehead atoms. The molecule has 0 aliphatic rings. The third-order valence-electron chi connectivity index (χ3n) is 3.81. The summed E-state index contributed by atoms with van der Waals surface area (Å²) >= 11 is 0. The fraction of sp³-hybridized carbons (Fsp3) is 0.300. The molecular weight excluding hydrogens is 364 g/mol. The molecule has 0 saturated heterocycles. The van der Waals surface area contributed by atoms with Gasteiger partial charge in [0, 0.05) is 29.5 Å². The molecule has 0 aliphatic heterocycles. The van der Waals surface area contributed by atoms with E-state index in [2.05, 4.69) is 29.8 Å². The topological polar surface area (TPSA) is 96.2 Å². The van der Waals surface area contributed by atoms with E-state index in [1.807, 2.05) is 18.2 Å². The maximum atomic E-state index is 12.3. The lowest BCUT2D eigenvalue weighted by molar-refractivity contribution is 0.0934. The minimum atomic E-state index is -0.339. The molecule has 1 unspecified atom stereocenters. The van der Waals surface area contributed by atoms with E-state index in [1.54, 1.807) is 36.4 Å². The summed E-state index contributed by atoms with van der Waals surface area (Å²) in [6.07, 6.45) is 0.835. The molecule has 0 radical (unpaired) electrons. The van der Waals surface area contributed by atoms with Gasteiger partial charge in [0.05, 0.1) is 0 Å². The highest BCUT2D eigenvalue weighted by Gasteiger charge is 2.14. The third-order valence-corrected chi connectivity index (χ3v) is 3.81. The highest BCUT2D eigenvalue weighted by Crippen LogP contribution is 2.12. The van der Waals surface area contributed by atoms with Gasteiger partial charge >= 0.3 is 6.03 Å². The molecule has 146 valence electrons. The number of urea groups is 1. The van der Waals surface area contributed by atoms with E-state index in [-0.39, 0.29) is 30.4 Å². The lowest BCUT2D eigenvalue weighted by Crippen LogP contribution is -2.41. The van der Waals surface area contributed by atoms with Gasteiger partial charge in [0.2, 0.25) is 0 Å². The van der Waals surface area contributed by atoms with Gasteiger partial charge in [0.1, 0.15) is 0 Å². The first-order valence-electron chi connectivity index (χ1n) is 8.72. The van der Waals surface area contributed by atoms with Gasteiger partial charge in [0.25, 0.3) is 5.91 Å². The lowest BCUT2D eigenvalue weighted by atomic mass is 10.0. The molecule has 1 atom stereocenters. The number of amides is 3. The zero-order valence-electron chi connectivity index (χ0n) is 15.6. The van der Waals surface area contributed by atoms with Gasteiger partial charge in [-0.1, -0.05) is 32.0 Å². The Kier molecular flexibility index (Phi) is 9.33. The number of carbonyl (C=O) groups excluding carboxylic acids is 2. The molecule has 0 fully saturated rings. The summed E-state index contributed by atoms with van der Waals surface area (Å²) in [5.41, 5.74) is 7.56. The highest BCUT2D eigenvalue weighted by molar-refractivity contribution is 6.00. The second-order valence-electron chi connectivity index (χ2n) is 6.56. The Morgan fingerprint density at radius 3 is 2.00 bits per heavy atom. The van der Waals surface area contributed by atoms with Gasteiger partial charge in [-0.25, -0.2) is 4.79 Å². The molecule has 0 aliphatic carbocycles. The highest BCUT2D eigenvalue weighted by atomic mass is 35.5. The Morgan fingerprint density at radius 2 is 1.48 bits per heavy atom. The molecule has 2 aromatic rings. The third kappa shape index (κ3) is 7.68. The van der Waals surface area contributed by atoms with E-state index in [9.17, 15) is 9.59 Å². The van der Waals surface area contributed by atoms with Crippen LogP contribution in [0.1, 0.15) is 30.6 Å². The van der Waals surface area contributed by atoms with E-state index in [0.29, 0.717) is 29.4 Å². The number of nitrogens with two attached hydrogens (primary N) is 1. The summed E-state index contributed by atoms with van der Waals surface area (Å²) in [5, 5.41) is 8.41. The van der Waals surface area contributed by atoms with Crippen LogP contribution in [0.25, 0.3) is 0 Å². The van der Waals surface area contributed by atoms with Gasteiger partial charge in [-0.2, -0.15) is 0 Å². The summed E-state index contributed by atoms with van der Waals surface area (Å²) in [6, 6.07) is 15.5. The molecule has 5 N–H and O–H groups in total. The zero-order chi connectivity index (χ0) is 18.9. The van der Waals surface area contributed by atoms with Crippen LogP contribution in [0, 0.1) is 5.92 Å². The van der Waals surface area contributed by atoms with E-state index in [1.165, 1.54) is 0 Å². The van der Waals surface area contributed by atoms with Gasteiger partial charge in [-0.15, -0.1) is 12.4 Å².